The summed E-state index contributed by atoms with van der Waals surface area (Å²) >= 11 is 0. The maximum Gasteiger partial charge on any atom is 0.394 e. The summed E-state index contributed by atoms with van der Waals surface area (Å²) in [4.78, 5) is 0. The summed E-state index contributed by atoms with van der Waals surface area (Å²) in [6, 6.07) is 0. The van der Waals surface area contributed by atoms with Crippen LogP contribution in [-0.2, 0) is 0 Å². The van der Waals surface area contributed by atoms with Crippen molar-refractivity contribution in [3.63, 3.8) is 0 Å². The summed E-state index contributed by atoms with van der Waals surface area (Å²) in [6.07, 6.45) is -1.16. The summed E-state index contributed by atoms with van der Waals surface area (Å²) < 4.78 is 39.9. The molecule has 0 aromatic carbocycles. The average Bonchev–Trinajstić information content (AvgIpc) is 2.06. The third kappa shape index (κ3) is 7.84. The highest BCUT2D eigenvalue weighted by Crippen LogP contribution is 2.49. The molecule has 0 aromatic rings. The van der Waals surface area contributed by atoms with Gasteiger partial charge in [0.25, 0.3) is 0 Å². The number of halogens is 3. The minimum atomic E-state index is -4.11. The fourth-order valence-electron chi connectivity index (χ4n) is 2.67. The molecule has 0 heterocycles. The predicted molar refractivity (Wildman–Crippen MR) is 76.2 cm³/mol. The smallest absolute Gasteiger partial charge is 0.171 e. The van der Waals surface area contributed by atoms with Crippen LogP contribution in [0.1, 0.15) is 80.6 Å². The number of rotatable bonds is 5. The quantitative estimate of drug-likeness (QED) is 0.498. The van der Waals surface area contributed by atoms with E-state index < -0.39 is 11.6 Å². The first kappa shape index (κ1) is 18.8. The first-order chi connectivity index (χ1) is 8.16. The third-order valence-electron chi connectivity index (χ3n) is 3.51. The Morgan fingerprint density at radius 3 is 1.37 bits per heavy atom. The zero-order valence-electron chi connectivity index (χ0n) is 13.7. The van der Waals surface area contributed by atoms with Crippen molar-refractivity contribution in [3.05, 3.63) is 0 Å². The highest BCUT2D eigenvalue weighted by molar-refractivity contribution is 4.86. The van der Waals surface area contributed by atoms with Gasteiger partial charge < -0.3 is 0 Å². The Bertz CT molecular complexity index is 265. The fraction of sp³-hybridized carbons (Fsp3) is 1.00. The SMILES string of the molecule is CC(C)(C)CCCC[C@](C)(CC(C)(C)C)C(F)(F)F. The lowest BCUT2D eigenvalue weighted by Crippen LogP contribution is -2.38. The number of alkyl halides is 3. The highest BCUT2D eigenvalue weighted by atomic mass is 19.4. The van der Waals surface area contributed by atoms with Gasteiger partial charge in [-0.05, 0) is 30.1 Å². The van der Waals surface area contributed by atoms with Gasteiger partial charge in [0.1, 0.15) is 0 Å². The van der Waals surface area contributed by atoms with Crippen molar-refractivity contribution in [2.75, 3.05) is 0 Å². The van der Waals surface area contributed by atoms with Gasteiger partial charge in [0.05, 0.1) is 5.41 Å². The van der Waals surface area contributed by atoms with Gasteiger partial charge in [0.2, 0.25) is 0 Å². The van der Waals surface area contributed by atoms with E-state index in [1.54, 1.807) is 0 Å². The van der Waals surface area contributed by atoms with Crippen LogP contribution in [0, 0.1) is 16.2 Å². The lowest BCUT2D eigenvalue weighted by Gasteiger charge is -2.37. The molecule has 0 aliphatic heterocycles. The molecule has 0 N–H and O–H groups in total. The van der Waals surface area contributed by atoms with E-state index in [0.29, 0.717) is 6.42 Å². The zero-order valence-corrected chi connectivity index (χ0v) is 13.7. The lowest BCUT2D eigenvalue weighted by atomic mass is 9.71. The Balaban J connectivity index is 4.55. The standard InChI is InChI=1S/C16H31F3/c1-13(2,3)10-8-9-11-15(7,16(17,18)19)12-14(4,5)6/h8-12H2,1-7H3/t15-/m1/s1. The van der Waals surface area contributed by atoms with Crippen molar-refractivity contribution >= 4 is 0 Å². The molecule has 19 heavy (non-hydrogen) atoms. The first-order valence-electron chi connectivity index (χ1n) is 7.23. The molecule has 0 saturated carbocycles. The molecular formula is C16H31F3. The Hall–Kier alpha value is -0.210. The minimum Gasteiger partial charge on any atom is -0.171 e. The molecule has 0 spiro atoms. The highest BCUT2D eigenvalue weighted by Gasteiger charge is 2.51. The van der Waals surface area contributed by atoms with Gasteiger partial charge in [-0.15, -0.1) is 0 Å². The van der Waals surface area contributed by atoms with Crippen molar-refractivity contribution in [1.29, 1.82) is 0 Å². The summed E-state index contributed by atoms with van der Waals surface area (Å²) in [5, 5.41) is 0. The van der Waals surface area contributed by atoms with Crippen molar-refractivity contribution in [1.82, 2.24) is 0 Å². The van der Waals surface area contributed by atoms with E-state index in [4.69, 9.17) is 0 Å². The van der Waals surface area contributed by atoms with Crippen molar-refractivity contribution in [3.8, 4) is 0 Å². The topological polar surface area (TPSA) is 0 Å². The summed E-state index contributed by atoms with van der Waals surface area (Å²) in [5.41, 5.74) is -1.64. The molecule has 0 unspecified atom stereocenters. The summed E-state index contributed by atoms with van der Waals surface area (Å²) in [7, 11) is 0. The fourth-order valence-corrected chi connectivity index (χ4v) is 2.67. The monoisotopic (exact) mass is 280 g/mol. The number of unbranched alkanes of at least 4 members (excludes halogenated alkanes) is 1. The lowest BCUT2D eigenvalue weighted by molar-refractivity contribution is -0.230. The van der Waals surface area contributed by atoms with Crippen LogP contribution in [0.5, 0.6) is 0 Å². The molecule has 0 nitrogen and oxygen atoms in total. The van der Waals surface area contributed by atoms with E-state index in [2.05, 4.69) is 20.8 Å². The van der Waals surface area contributed by atoms with Gasteiger partial charge >= 0.3 is 6.18 Å². The molecule has 0 rings (SSSR count). The largest absolute Gasteiger partial charge is 0.394 e. The van der Waals surface area contributed by atoms with Crippen LogP contribution in [-0.4, -0.2) is 6.18 Å². The van der Waals surface area contributed by atoms with Crippen molar-refractivity contribution in [2.24, 2.45) is 16.2 Å². The number of hydrogen-bond donors (Lipinski definition) is 0. The molecule has 0 aromatic heterocycles. The van der Waals surface area contributed by atoms with Crippen molar-refractivity contribution in [2.45, 2.75) is 86.7 Å². The van der Waals surface area contributed by atoms with E-state index in [-0.39, 0.29) is 23.7 Å². The molecular weight excluding hydrogens is 249 g/mol. The minimum absolute atomic E-state index is 0.193. The van der Waals surface area contributed by atoms with Crippen molar-refractivity contribution < 1.29 is 13.2 Å². The second-order valence-electron chi connectivity index (χ2n) is 8.56. The maximum atomic E-state index is 13.3. The molecule has 116 valence electrons. The van der Waals surface area contributed by atoms with Crippen LogP contribution in [0.25, 0.3) is 0 Å². The Morgan fingerprint density at radius 2 is 1.05 bits per heavy atom. The molecule has 0 aliphatic carbocycles. The molecule has 0 amide bonds. The van der Waals surface area contributed by atoms with Gasteiger partial charge in [-0.2, -0.15) is 13.2 Å². The second kappa shape index (κ2) is 6.05. The average molecular weight is 280 g/mol. The maximum absolute atomic E-state index is 13.3. The molecule has 0 saturated heterocycles. The normalized spacial score (nSPS) is 17.4. The molecule has 0 fully saturated rings. The molecule has 0 aliphatic rings. The molecule has 0 bridgehead atoms. The van der Waals surface area contributed by atoms with Crippen LogP contribution in [0.2, 0.25) is 0 Å². The van der Waals surface area contributed by atoms with Gasteiger partial charge in [0.15, 0.2) is 0 Å². The van der Waals surface area contributed by atoms with E-state index in [1.165, 1.54) is 6.92 Å². The van der Waals surface area contributed by atoms with E-state index in [0.717, 1.165) is 12.8 Å². The Kier molecular flexibility index (Phi) is 5.98. The molecule has 0 radical (unpaired) electrons. The van der Waals surface area contributed by atoms with E-state index in [1.807, 2.05) is 20.8 Å². The van der Waals surface area contributed by atoms with Crippen LogP contribution < -0.4 is 0 Å². The van der Waals surface area contributed by atoms with Crippen LogP contribution in [0.15, 0.2) is 0 Å². The van der Waals surface area contributed by atoms with Gasteiger partial charge in [-0.1, -0.05) is 61.3 Å². The van der Waals surface area contributed by atoms with Crippen LogP contribution in [0.3, 0.4) is 0 Å². The van der Waals surface area contributed by atoms with Crippen LogP contribution >= 0.6 is 0 Å². The van der Waals surface area contributed by atoms with Crippen LogP contribution in [0.4, 0.5) is 13.2 Å². The molecule has 1 atom stereocenters. The summed E-state index contributed by atoms with van der Waals surface area (Å²) in [5.74, 6) is 0. The predicted octanol–water partition coefficient (Wildman–Crippen LogP) is 6.60. The Morgan fingerprint density at radius 1 is 0.632 bits per heavy atom. The zero-order chi connectivity index (χ0) is 15.5. The Labute approximate surface area is 117 Å². The molecule has 3 heteroatoms. The summed E-state index contributed by atoms with van der Waals surface area (Å²) in [6.45, 7) is 13.4. The second-order valence-corrected chi connectivity index (χ2v) is 8.56. The first-order valence-corrected chi connectivity index (χ1v) is 7.23. The van der Waals surface area contributed by atoms with Gasteiger partial charge in [-0.3, -0.25) is 0 Å². The third-order valence-corrected chi connectivity index (χ3v) is 3.51. The van der Waals surface area contributed by atoms with E-state index >= 15 is 0 Å². The van der Waals surface area contributed by atoms with E-state index in [9.17, 15) is 13.2 Å². The van der Waals surface area contributed by atoms with Gasteiger partial charge in [-0.25, -0.2) is 0 Å². The van der Waals surface area contributed by atoms with Gasteiger partial charge in [0, 0.05) is 0 Å². The number of hydrogen-bond acceptors (Lipinski definition) is 0.